The highest BCUT2D eigenvalue weighted by molar-refractivity contribution is 6.04. The van der Waals surface area contributed by atoms with Crippen LogP contribution in [0.5, 0.6) is 5.75 Å². The molecule has 160 valence electrons. The molecule has 0 spiro atoms. The van der Waals surface area contributed by atoms with Gasteiger partial charge >= 0.3 is 0 Å². The third-order valence-electron chi connectivity index (χ3n) is 5.01. The molecular formula is C20H25N5O5. The van der Waals surface area contributed by atoms with Crippen LogP contribution in [0, 0.1) is 0 Å². The van der Waals surface area contributed by atoms with Crippen LogP contribution in [0.1, 0.15) is 52.3 Å². The first kappa shape index (κ1) is 21.2. The maximum Gasteiger partial charge on any atom is 0.295 e. The van der Waals surface area contributed by atoms with E-state index in [2.05, 4.69) is 10.5 Å². The molecular weight excluding hydrogens is 390 g/mol. The van der Waals surface area contributed by atoms with Crippen molar-refractivity contribution < 1.29 is 23.6 Å². The average Bonchev–Trinajstić information content (AvgIpc) is 3.36. The van der Waals surface area contributed by atoms with Gasteiger partial charge < -0.3 is 30.9 Å². The van der Waals surface area contributed by atoms with Gasteiger partial charge in [0.05, 0.1) is 7.11 Å². The van der Waals surface area contributed by atoms with Crippen molar-refractivity contribution in [1.29, 1.82) is 0 Å². The molecule has 1 aliphatic rings. The molecule has 3 rings (SSSR count). The van der Waals surface area contributed by atoms with E-state index in [1.807, 2.05) is 0 Å². The van der Waals surface area contributed by atoms with Gasteiger partial charge in [-0.2, -0.15) is 0 Å². The van der Waals surface area contributed by atoms with E-state index in [0.717, 1.165) is 31.2 Å². The Kier molecular flexibility index (Phi) is 6.55. The SMILES string of the molecule is COc1cccc(CN(CC(=O)NC2CCCC2)C(=O)c2onc(C(N)=O)c2N)c1. The number of aromatic nitrogens is 1. The summed E-state index contributed by atoms with van der Waals surface area (Å²) in [5, 5.41) is 6.43. The van der Waals surface area contributed by atoms with Crippen molar-refractivity contribution in [3.05, 3.63) is 41.3 Å². The first-order valence-electron chi connectivity index (χ1n) is 9.65. The Morgan fingerprint density at radius 2 is 2.03 bits per heavy atom. The van der Waals surface area contributed by atoms with Crippen molar-refractivity contribution in [1.82, 2.24) is 15.4 Å². The number of carbonyl (C=O) groups is 3. The molecule has 0 aliphatic heterocycles. The number of nitrogens with two attached hydrogens (primary N) is 2. The van der Waals surface area contributed by atoms with Crippen LogP contribution in [0.3, 0.4) is 0 Å². The Hall–Kier alpha value is -3.56. The number of primary amides is 1. The minimum absolute atomic E-state index is 0.0974. The quantitative estimate of drug-likeness (QED) is 0.582. The third-order valence-corrected chi connectivity index (χ3v) is 5.01. The van der Waals surface area contributed by atoms with Gasteiger partial charge in [0.25, 0.3) is 11.8 Å². The number of nitrogen functional groups attached to an aromatic ring is 1. The Morgan fingerprint density at radius 3 is 2.67 bits per heavy atom. The lowest BCUT2D eigenvalue weighted by Gasteiger charge is -2.23. The van der Waals surface area contributed by atoms with E-state index in [9.17, 15) is 14.4 Å². The van der Waals surface area contributed by atoms with Crippen molar-refractivity contribution in [2.24, 2.45) is 5.73 Å². The molecule has 0 unspecified atom stereocenters. The summed E-state index contributed by atoms with van der Waals surface area (Å²) in [6, 6.07) is 7.23. The first-order chi connectivity index (χ1) is 14.4. The maximum atomic E-state index is 13.1. The zero-order valence-corrected chi connectivity index (χ0v) is 16.7. The first-order valence-corrected chi connectivity index (χ1v) is 9.65. The summed E-state index contributed by atoms with van der Waals surface area (Å²) >= 11 is 0. The smallest absolute Gasteiger partial charge is 0.295 e. The lowest BCUT2D eigenvalue weighted by atomic mass is 10.2. The fourth-order valence-corrected chi connectivity index (χ4v) is 3.48. The van der Waals surface area contributed by atoms with Crippen LogP contribution in [-0.4, -0.2) is 47.5 Å². The van der Waals surface area contributed by atoms with Gasteiger partial charge in [-0.05, 0) is 30.5 Å². The number of nitrogens with zero attached hydrogens (tertiary/aromatic N) is 2. The highest BCUT2D eigenvalue weighted by atomic mass is 16.5. The molecule has 10 nitrogen and oxygen atoms in total. The number of hydrogen-bond donors (Lipinski definition) is 3. The van der Waals surface area contributed by atoms with Gasteiger partial charge in [0.15, 0.2) is 5.69 Å². The summed E-state index contributed by atoms with van der Waals surface area (Å²) in [5.41, 5.74) is 11.2. The van der Waals surface area contributed by atoms with Crippen LogP contribution in [0.2, 0.25) is 0 Å². The minimum atomic E-state index is -0.909. The van der Waals surface area contributed by atoms with Crippen LogP contribution in [0.4, 0.5) is 5.69 Å². The van der Waals surface area contributed by atoms with E-state index in [1.165, 1.54) is 12.0 Å². The number of ether oxygens (including phenoxy) is 1. The van der Waals surface area contributed by atoms with Gasteiger partial charge in [-0.25, -0.2) is 0 Å². The Balaban J connectivity index is 1.82. The second-order valence-corrected chi connectivity index (χ2v) is 7.20. The van der Waals surface area contributed by atoms with Crippen molar-refractivity contribution in [3.8, 4) is 5.75 Å². The molecule has 1 heterocycles. The fourth-order valence-electron chi connectivity index (χ4n) is 3.48. The zero-order chi connectivity index (χ0) is 21.7. The molecule has 0 atom stereocenters. The lowest BCUT2D eigenvalue weighted by Crippen LogP contribution is -2.43. The van der Waals surface area contributed by atoms with E-state index in [1.54, 1.807) is 24.3 Å². The number of amides is 3. The van der Waals surface area contributed by atoms with E-state index in [0.29, 0.717) is 5.75 Å². The molecule has 3 amide bonds. The van der Waals surface area contributed by atoms with Crippen LogP contribution >= 0.6 is 0 Å². The van der Waals surface area contributed by atoms with Gasteiger partial charge in [-0.3, -0.25) is 14.4 Å². The highest BCUT2D eigenvalue weighted by Crippen LogP contribution is 2.21. The van der Waals surface area contributed by atoms with E-state index >= 15 is 0 Å². The predicted octanol–water partition coefficient (Wildman–Crippen LogP) is 1.07. The van der Waals surface area contributed by atoms with Crippen LogP contribution in [0.15, 0.2) is 28.8 Å². The molecule has 1 aromatic heterocycles. The molecule has 30 heavy (non-hydrogen) atoms. The second-order valence-electron chi connectivity index (χ2n) is 7.20. The molecule has 5 N–H and O–H groups in total. The summed E-state index contributed by atoms with van der Waals surface area (Å²) in [7, 11) is 1.54. The summed E-state index contributed by atoms with van der Waals surface area (Å²) in [4.78, 5) is 38.3. The standard InChI is InChI=1S/C20H25N5O5/c1-29-14-8-4-5-12(9-14)10-25(11-15(26)23-13-6-2-3-7-13)20(28)18-16(21)17(19(22)27)24-30-18/h4-5,8-9,13H,2-3,6-7,10-11,21H2,1H3,(H2,22,27)(H,23,26). The Labute approximate surface area is 173 Å². The molecule has 1 saturated carbocycles. The summed E-state index contributed by atoms with van der Waals surface area (Å²) in [6.45, 7) is -0.112. The predicted molar refractivity (Wildman–Crippen MR) is 108 cm³/mol. The number of anilines is 1. The number of carbonyl (C=O) groups excluding carboxylic acids is 3. The monoisotopic (exact) mass is 415 g/mol. The number of rotatable bonds is 8. The summed E-state index contributed by atoms with van der Waals surface area (Å²) in [6.07, 6.45) is 3.99. The molecule has 1 fully saturated rings. The fraction of sp³-hybridized carbons (Fsp3) is 0.400. The third kappa shape index (κ3) is 4.88. The Morgan fingerprint density at radius 1 is 1.30 bits per heavy atom. The van der Waals surface area contributed by atoms with Gasteiger partial charge in [0.2, 0.25) is 11.7 Å². The molecule has 10 heteroatoms. The number of benzene rings is 1. The number of hydrogen-bond acceptors (Lipinski definition) is 7. The van der Waals surface area contributed by atoms with Gasteiger partial charge in [0, 0.05) is 12.6 Å². The van der Waals surface area contributed by atoms with E-state index < -0.39 is 11.8 Å². The molecule has 1 aromatic carbocycles. The van der Waals surface area contributed by atoms with Crippen LogP contribution < -0.4 is 21.5 Å². The zero-order valence-electron chi connectivity index (χ0n) is 16.7. The second kappa shape index (κ2) is 9.29. The van der Waals surface area contributed by atoms with Crippen LogP contribution in [-0.2, 0) is 11.3 Å². The molecule has 1 aliphatic carbocycles. The van der Waals surface area contributed by atoms with Gasteiger partial charge in [-0.1, -0.05) is 30.1 Å². The topological polar surface area (TPSA) is 154 Å². The Bertz CT molecular complexity index is 935. The minimum Gasteiger partial charge on any atom is -0.497 e. The van der Waals surface area contributed by atoms with Crippen LogP contribution in [0.25, 0.3) is 0 Å². The number of methoxy groups -OCH3 is 1. The molecule has 0 saturated heterocycles. The van der Waals surface area contributed by atoms with E-state index in [4.69, 9.17) is 20.7 Å². The van der Waals surface area contributed by atoms with Crippen molar-refractivity contribution >= 4 is 23.4 Å². The molecule has 2 aromatic rings. The van der Waals surface area contributed by atoms with Crippen molar-refractivity contribution in [2.45, 2.75) is 38.3 Å². The molecule has 0 bridgehead atoms. The molecule has 0 radical (unpaired) electrons. The largest absolute Gasteiger partial charge is 0.497 e. The lowest BCUT2D eigenvalue weighted by molar-refractivity contribution is -0.122. The van der Waals surface area contributed by atoms with Crippen molar-refractivity contribution in [2.75, 3.05) is 19.4 Å². The van der Waals surface area contributed by atoms with Gasteiger partial charge in [0.1, 0.15) is 18.0 Å². The average molecular weight is 415 g/mol. The maximum absolute atomic E-state index is 13.1. The van der Waals surface area contributed by atoms with Gasteiger partial charge in [-0.15, -0.1) is 0 Å². The normalized spacial score (nSPS) is 13.8. The number of nitrogens with one attached hydrogen (secondary N) is 1. The van der Waals surface area contributed by atoms with E-state index in [-0.39, 0.29) is 42.2 Å². The summed E-state index contributed by atoms with van der Waals surface area (Å²) < 4.78 is 10.2. The highest BCUT2D eigenvalue weighted by Gasteiger charge is 2.29. The van der Waals surface area contributed by atoms with Crippen molar-refractivity contribution in [3.63, 3.8) is 0 Å². The summed E-state index contributed by atoms with van der Waals surface area (Å²) in [5.74, 6) is -1.58.